The molecule has 0 amide bonds. The molecule has 1 saturated carbocycles. The second kappa shape index (κ2) is 6.26. The average Bonchev–Trinajstić information content (AvgIpc) is 3.24. The molecule has 1 aliphatic rings. The zero-order chi connectivity index (χ0) is 14.7. The molecule has 5 nitrogen and oxygen atoms in total. The Labute approximate surface area is 125 Å². The minimum absolute atomic E-state index is 0.651. The van der Waals surface area contributed by atoms with Crippen molar-refractivity contribution >= 4 is 0 Å². The zero-order valence-corrected chi connectivity index (χ0v) is 12.7. The first-order chi connectivity index (χ1) is 10.3. The smallest absolute Gasteiger partial charge is 0.164 e. The Bertz CT molecular complexity index is 591. The average molecular weight is 286 g/mol. The van der Waals surface area contributed by atoms with Crippen molar-refractivity contribution in [3.63, 3.8) is 0 Å². The Hall–Kier alpha value is -1.88. The predicted octanol–water partition coefficient (Wildman–Crippen LogP) is 2.68. The van der Waals surface area contributed by atoms with Crippen LogP contribution in [-0.4, -0.2) is 32.7 Å². The van der Waals surface area contributed by atoms with Gasteiger partial charge in [0.05, 0.1) is 13.2 Å². The highest BCUT2D eigenvalue weighted by Gasteiger charge is 2.30. The molecule has 1 N–H and O–H groups in total. The number of benzene rings is 1. The quantitative estimate of drug-likeness (QED) is 0.850. The second-order valence-electron chi connectivity index (χ2n) is 5.51. The summed E-state index contributed by atoms with van der Waals surface area (Å²) in [6, 6.07) is 8.93. The lowest BCUT2D eigenvalue weighted by molar-refractivity contribution is 0.233. The first kappa shape index (κ1) is 14.1. The maximum Gasteiger partial charge on any atom is 0.164 e. The molecule has 0 bridgehead atoms. The molecular weight excluding hydrogens is 264 g/mol. The monoisotopic (exact) mass is 286 g/mol. The van der Waals surface area contributed by atoms with Gasteiger partial charge < -0.3 is 4.74 Å². The summed E-state index contributed by atoms with van der Waals surface area (Å²) in [5.41, 5.74) is 1.23. The van der Waals surface area contributed by atoms with Gasteiger partial charge in [0.25, 0.3) is 0 Å². The van der Waals surface area contributed by atoms with Crippen LogP contribution < -0.4 is 4.74 Å². The molecule has 0 unspecified atom stereocenters. The Balaban J connectivity index is 1.73. The van der Waals surface area contributed by atoms with Crippen LogP contribution in [0.1, 0.15) is 37.0 Å². The van der Waals surface area contributed by atoms with Crippen LogP contribution in [0, 0.1) is 6.92 Å². The summed E-state index contributed by atoms with van der Waals surface area (Å²) >= 11 is 0. The largest absolute Gasteiger partial charge is 0.494 e. The van der Waals surface area contributed by atoms with Crippen molar-refractivity contribution in [2.75, 3.05) is 6.61 Å². The van der Waals surface area contributed by atoms with Gasteiger partial charge in [0.1, 0.15) is 11.6 Å². The Kier molecular flexibility index (Phi) is 4.20. The molecule has 1 aromatic heterocycles. The maximum absolute atomic E-state index is 5.73. The van der Waals surface area contributed by atoms with Crippen LogP contribution in [0.3, 0.4) is 0 Å². The van der Waals surface area contributed by atoms with Gasteiger partial charge in [-0.25, -0.2) is 4.98 Å². The second-order valence-corrected chi connectivity index (χ2v) is 5.51. The summed E-state index contributed by atoms with van der Waals surface area (Å²) in [7, 11) is 0. The van der Waals surface area contributed by atoms with E-state index in [9.17, 15) is 0 Å². The number of H-pyrrole nitrogens is 1. The van der Waals surface area contributed by atoms with Crippen molar-refractivity contribution in [1.29, 1.82) is 0 Å². The molecule has 5 heteroatoms. The van der Waals surface area contributed by atoms with Gasteiger partial charge in [0, 0.05) is 18.2 Å². The first-order valence-corrected chi connectivity index (χ1v) is 7.59. The number of hydrogen-bond donors (Lipinski definition) is 1. The van der Waals surface area contributed by atoms with E-state index in [4.69, 9.17) is 4.74 Å². The molecular formula is C16H22N4O. The molecule has 1 aromatic carbocycles. The van der Waals surface area contributed by atoms with E-state index in [-0.39, 0.29) is 0 Å². The number of aryl methyl sites for hydroxylation is 1. The summed E-state index contributed by atoms with van der Waals surface area (Å²) < 4.78 is 5.73. The molecule has 0 atom stereocenters. The fourth-order valence-electron chi connectivity index (χ4n) is 2.54. The highest BCUT2D eigenvalue weighted by atomic mass is 16.5. The molecule has 21 heavy (non-hydrogen) atoms. The molecule has 0 aliphatic heterocycles. The van der Waals surface area contributed by atoms with Gasteiger partial charge in [0.2, 0.25) is 0 Å². The van der Waals surface area contributed by atoms with Crippen LogP contribution in [0.15, 0.2) is 24.3 Å². The van der Waals surface area contributed by atoms with Crippen LogP contribution >= 0.6 is 0 Å². The van der Waals surface area contributed by atoms with Crippen molar-refractivity contribution in [2.45, 2.75) is 45.8 Å². The number of aromatic amines is 1. The summed E-state index contributed by atoms with van der Waals surface area (Å²) in [6.45, 7) is 6.32. The minimum atomic E-state index is 0.651. The van der Waals surface area contributed by atoms with Crippen LogP contribution in [0.2, 0.25) is 0 Å². The van der Waals surface area contributed by atoms with E-state index >= 15 is 0 Å². The summed E-state index contributed by atoms with van der Waals surface area (Å²) in [5.74, 6) is 2.72. The summed E-state index contributed by atoms with van der Waals surface area (Å²) in [4.78, 5) is 6.87. The maximum atomic E-state index is 5.73. The molecule has 1 aliphatic carbocycles. The molecule has 0 spiro atoms. The van der Waals surface area contributed by atoms with Crippen LogP contribution in [0.4, 0.5) is 0 Å². The lowest BCUT2D eigenvalue weighted by Crippen LogP contribution is -2.26. The van der Waals surface area contributed by atoms with Crippen molar-refractivity contribution in [3.8, 4) is 5.75 Å². The molecule has 3 rings (SSSR count). The highest BCUT2D eigenvalue weighted by molar-refractivity contribution is 5.33. The van der Waals surface area contributed by atoms with Gasteiger partial charge in [-0.15, -0.1) is 0 Å². The molecule has 1 fully saturated rings. The number of ether oxygens (including phenoxy) is 1. The van der Waals surface area contributed by atoms with Crippen molar-refractivity contribution < 1.29 is 4.74 Å². The van der Waals surface area contributed by atoms with E-state index in [0.717, 1.165) is 30.5 Å². The van der Waals surface area contributed by atoms with E-state index in [0.29, 0.717) is 12.6 Å². The van der Waals surface area contributed by atoms with Crippen LogP contribution in [-0.2, 0) is 13.1 Å². The Morgan fingerprint density at radius 3 is 2.76 bits per heavy atom. The SMILES string of the molecule is CCOc1ccccc1CN(Cc1n[nH]c(C)n1)C1CC1. The lowest BCUT2D eigenvalue weighted by Gasteiger charge is -2.22. The van der Waals surface area contributed by atoms with Crippen molar-refractivity contribution in [3.05, 3.63) is 41.5 Å². The minimum Gasteiger partial charge on any atom is -0.494 e. The topological polar surface area (TPSA) is 54.0 Å². The van der Waals surface area contributed by atoms with Gasteiger partial charge in [-0.05, 0) is 32.8 Å². The predicted molar refractivity (Wildman–Crippen MR) is 81.0 cm³/mol. The third-order valence-corrected chi connectivity index (χ3v) is 3.70. The van der Waals surface area contributed by atoms with Gasteiger partial charge >= 0.3 is 0 Å². The van der Waals surface area contributed by atoms with E-state index in [2.05, 4.69) is 32.2 Å². The van der Waals surface area contributed by atoms with E-state index < -0.39 is 0 Å². The fraction of sp³-hybridized carbons (Fsp3) is 0.500. The summed E-state index contributed by atoms with van der Waals surface area (Å²) in [5, 5.41) is 7.17. The Morgan fingerprint density at radius 1 is 1.29 bits per heavy atom. The standard InChI is InChI=1S/C16H22N4O/c1-3-21-15-7-5-4-6-13(15)10-20(14-8-9-14)11-16-17-12(2)18-19-16/h4-7,14H,3,8-11H2,1-2H3,(H,17,18,19). The zero-order valence-electron chi connectivity index (χ0n) is 12.7. The molecule has 0 radical (unpaired) electrons. The normalized spacial score (nSPS) is 14.6. The third kappa shape index (κ3) is 3.61. The highest BCUT2D eigenvalue weighted by Crippen LogP contribution is 2.31. The van der Waals surface area contributed by atoms with Crippen LogP contribution in [0.25, 0.3) is 0 Å². The van der Waals surface area contributed by atoms with Crippen molar-refractivity contribution in [1.82, 2.24) is 20.1 Å². The van der Waals surface area contributed by atoms with E-state index in [1.807, 2.05) is 26.0 Å². The molecule has 0 saturated heterocycles. The fourth-order valence-corrected chi connectivity index (χ4v) is 2.54. The third-order valence-electron chi connectivity index (χ3n) is 3.70. The molecule has 112 valence electrons. The van der Waals surface area contributed by atoms with E-state index in [1.165, 1.54) is 18.4 Å². The first-order valence-electron chi connectivity index (χ1n) is 7.59. The Morgan fingerprint density at radius 2 is 2.10 bits per heavy atom. The number of para-hydroxylation sites is 1. The van der Waals surface area contributed by atoms with Gasteiger partial charge in [-0.1, -0.05) is 18.2 Å². The van der Waals surface area contributed by atoms with Crippen LogP contribution in [0.5, 0.6) is 5.75 Å². The van der Waals surface area contributed by atoms with Gasteiger partial charge in [0.15, 0.2) is 5.82 Å². The number of hydrogen-bond acceptors (Lipinski definition) is 4. The van der Waals surface area contributed by atoms with E-state index in [1.54, 1.807) is 0 Å². The van der Waals surface area contributed by atoms with Crippen molar-refractivity contribution in [2.24, 2.45) is 0 Å². The number of nitrogens with zero attached hydrogens (tertiary/aromatic N) is 3. The number of nitrogens with one attached hydrogen (secondary N) is 1. The number of aromatic nitrogens is 3. The number of rotatable bonds is 7. The van der Waals surface area contributed by atoms with Gasteiger partial charge in [-0.2, -0.15) is 5.10 Å². The molecule has 2 aromatic rings. The van der Waals surface area contributed by atoms with Gasteiger partial charge in [-0.3, -0.25) is 10.00 Å². The molecule has 1 heterocycles. The summed E-state index contributed by atoms with van der Waals surface area (Å²) in [6.07, 6.45) is 2.53. The lowest BCUT2D eigenvalue weighted by atomic mass is 10.2.